The Bertz CT molecular complexity index is 134. The second-order valence-corrected chi connectivity index (χ2v) is 3.67. The maximum absolute atomic E-state index is 10.4. The van der Waals surface area contributed by atoms with Crippen LogP contribution in [0.4, 0.5) is 0 Å². The van der Waals surface area contributed by atoms with Crippen molar-refractivity contribution in [1.29, 1.82) is 0 Å². The molecule has 0 aromatic heterocycles. The zero-order valence-electron chi connectivity index (χ0n) is 7.92. The highest BCUT2D eigenvalue weighted by molar-refractivity contribution is 5.66. The molecule has 0 saturated carbocycles. The molecular weight excluding hydrogens is 154 g/mol. The lowest BCUT2D eigenvalue weighted by atomic mass is 9.91. The fourth-order valence-corrected chi connectivity index (χ4v) is 1.45. The molecule has 72 valence electrons. The first kappa shape index (κ1) is 11.4. The molecule has 0 fully saturated rings. The van der Waals surface area contributed by atoms with Crippen LogP contribution in [0.5, 0.6) is 0 Å². The van der Waals surface area contributed by atoms with Gasteiger partial charge in [0.15, 0.2) is 0 Å². The molecule has 0 radical (unpaired) electrons. The SMILES string of the molecule is CC(C)C[C@@H](CCN)CC(=O)O. The van der Waals surface area contributed by atoms with Gasteiger partial charge < -0.3 is 10.8 Å². The number of carboxylic acids is 1. The first-order chi connectivity index (χ1) is 5.56. The van der Waals surface area contributed by atoms with Gasteiger partial charge in [-0.25, -0.2) is 0 Å². The van der Waals surface area contributed by atoms with E-state index in [-0.39, 0.29) is 12.3 Å². The van der Waals surface area contributed by atoms with Gasteiger partial charge in [0.1, 0.15) is 0 Å². The van der Waals surface area contributed by atoms with Crippen molar-refractivity contribution < 1.29 is 9.90 Å². The lowest BCUT2D eigenvalue weighted by molar-refractivity contribution is -0.138. The highest BCUT2D eigenvalue weighted by Crippen LogP contribution is 2.18. The maximum atomic E-state index is 10.4. The molecule has 0 rings (SSSR count). The maximum Gasteiger partial charge on any atom is 0.303 e. The quantitative estimate of drug-likeness (QED) is 0.639. The monoisotopic (exact) mass is 173 g/mol. The van der Waals surface area contributed by atoms with Crippen molar-refractivity contribution in [1.82, 2.24) is 0 Å². The summed E-state index contributed by atoms with van der Waals surface area (Å²) in [6.45, 7) is 4.79. The largest absolute Gasteiger partial charge is 0.481 e. The lowest BCUT2D eigenvalue weighted by Crippen LogP contribution is -2.14. The number of rotatable bonds is 6. The van der Waals surface area contributed by atoms with E-state index >= 15 is 0 Å². The number of nitrogens with two attached hydrogens (primary N) is 1. The Labute approximate surface area is 74.0 Å². The summed E-state index contributed by atoms with van der Waals surface area (Å²) in [6.07, 6.45) is 2.04. The fraction of sp³-hybridized carbons (Fsp3) is 0.889. The summed E-state index contributed by atoms with van der Waals surface area (Å²) in [7, 11) is 0. The van der Waals surface area contributed by atoms with E-state index in [1.807, 2.05) is 0 Å². The van der Waals surface area contributed by atoms with E-state index in [0.29, 0.717) is 12.5 Å². The standard InChI is InChI=1S/C9H19NO2/c1-7(2)5-8(3-4-10)6-9(11)12/h7-8H,3-6,10H2,1-2H3,(H,11,12)/t8-/m1/s1. The van der Waals surface area contributed by atoms with Crippen molar-refractivity contribution in [2.45, 2.75) is 33.1 Å². The Balaban J connectivity index is 3.77. The van der Waals surface area contributed by atoms with Gasteiger partial charge in [-0.05, 0) is 31.2 Å². The Morgan fingerprint density at radius 2 is 2.08 bits per heavy atom. The number of carboxylic acid groups (broad SMARTS) is 1. The topological polar surface area (TPSA) is 63.3 Å². The van der Waals surface area contributed by atoms with Crippen LogP contribution in [-0.4, -0.2) is 17.6 Å². The molecule has 0 aliphatic rings. The fourth-order valence-electron chi connectivity index (χ4n) is 1.45. The molecule has 1 atom stereocenters. The molecule has 0 aromatic rings. The van der Waals surface area contributed by atoms with Crippen LogP contribution in [0.1, 0.15) is 33.1 Å². The summed E-state index contributed by atoms with van der Waals surface area (Å²) in [5, 5.41) is 8.58. The zero-order chi connectivity index (χ0) is 9.56. The predicted octanol–water partition coefficient (Wildman–Crippen LogP) is 1.47. The summed E-state index contributed by atoms with van der Waals surface area (Å²) in [5.41, 5.74) is 5.39. The van der Waals surface area contributed by atoms with Gasteiger partial charge in [-0.1, -0.05) is 13.8 Å². The van der Waals surface area contributed by atoms with Crippen molar-refractivity contribution in [3.8, 4) is 0 Å². The molecule has 3 heteroatoms. The minimum atomic E-state index is -0.714. The highest BCUT2D eigenvalue weighted by atomic mass is 16.4. The molecular formula is C9H19NO2. The third kappa shape index (κ3) is 6.16. The van der Waals surface area contributed by atoms with Crippen LogP contribution in [0.25, 0.3) is 0 Å². The Hall–Kier alpha value is -0.570. The first-order valence-electron chi connectivity index (χ1n) is 4.48. The van der Waals surface area contributed by atoms with Gasteiger partial charge in [-0.2, -0.15) is 0 Å². The number of hydrogen-bond donors (Lipinski definition) is 2. The number of hydrogen-bond acceptors (Lipinski definition) is 2. The van der Waals surface area contributed by atoms with Crippen LogP contribution in [0.15, 0.2) is 0 Å². The summed E-state index contributed by atoms with van der Waals surface area (Å²) in [6, 6.07) is 0. The van der Waals surface area contributed by atoms with E-state index in [9.17, 15) is 4.79 Å². The van der Waals surface area contributed by atoms with E-state index in [0.717, 1.165) is 12.8 Å². The number of carbonyl (C=O) groups is 1. The number of aliphatic carboxylic acids is 1. The molecule has 0 bridgehead atoms. The normalized spacial score (nSPS) is 13.3. The molecule has 0 spiro atoms. The van der Waals surface area contributed by atoms with E-state index in [1.54, 1.807) is 0 Å². The molecule has 0 unspecified atom stereocenters. The van der Waals surface area contributed by atoms with Crippen molar-refractivity contribution in [3.05, 3.63) is 0 Å². The van der Waals surface area contributed by atoms with E-state index in [2.05, 4.69) is 13.8 Å². The van der Waals surface area contributed by atoms with Gasteiger partial charge in [0, 0.05) is 6.42 Å². The third-order valence-corrected chi connectivity index (χ3v) is 1.84. The van der Waals surface area contributed by atoms with Gasteiger partial charge >= 0.3 is 5.97 Å². The zero-order valence-corrected chi connectivity index (χ0v) is 7.92. The molecule has 12 heavy (non-hydrogen) atoms. The van der Waals surface area contributed by atoms with E-state index in [1.165, 1.54) is 0 Å². The van der Waals surface area contributed by atoms with Crippen LogP contribution in [0.2, 0.25) is 0 Å². The smallest absolute Gasteiger partial charge is 0.303 e. The lowest BCUT2D eigenvalue weighted by Gasteiger charge is -2.15. The van der Waals surface area contributed by atoms with Crippen LogP contribution in [-0.2, 0) is 4.79 Å². The molecule has 3 nitrogen and oxygen atoms in total. The van der Waals surface area contributed by atoms with Crippen molar-refractivity contribution in [3.63, 3.8) is 0 Å². The van der Waals surface area contributed by atoms with Gasteiger partial charge in [-0.3, -0.25) is 4.79 Å². The Morgan fingerprint density at radius 3 is 2.42 bits per heavy atom. The minimum Gasteiger partial charge on any atom is -0.481 e. The second kappa shape index (κ2) is 6.00. The summed E-state index contributed by atoms with van der Waals surface area (Å²) in [5.74, 6) is 0.0995. The Kier molecular flexibility index (Phi) is 5.72. The predicted molar refractivity (Wildman–Crippen MR) is 48.9 cm³/mol. The third-order valence-electron chi connectivity index (χ3n) is 1.84. The van der Waals surface area contributed by atoms with E-state index in [4.69, 9.17) is 10.8 Å². The molecule has 0 aromatic carbocycles. The molecule has 3 N–H and O–H groups in total. The summed E-state index contributed by atoms with van der Waals surface area (Å²) >= 11 is 0. The van der Waals surface area contributed by atoms with Gasteiger partial charge in [-0.15, -0.1) is 0 Å². The molecule has 0 amide bonds. The van der Waals surface area contributed by atoms with Crippen LogP contribution < -0.4 is 5.73 Å². The average Bonchev–Trinajstić information content (AvgIpc) is 1.84. The molecule has 0 aliphatic carbocycles. The van der Waals surface area contributed by atoms with Crippen molar-refractivity contribution in [2.75, 3.05) is 6.54 Å². The molecule has 0 heterocycles. The van der Waals surface area contributed by atoms with Gasteiger partial charge in [0.05, 0.1) is 0 Å². The summed E-state index contributed by atoms with van der Waals surface area (Å²) in [4.78, 5) is 10.4. The highest BCUT2D eigenvalue weighted by Gasteiger charge is 2.13. The molecule has 0 aliphatic heterocycles. The van der Waals surface area contributed by atoms with Crippen molar-refractivity contribution >= 4 is 5.97 Å². The van der Waals surface area contributed by atoms with Gasteiger partial charge in [0.25, 0.3) is 0 Å². The van der Waals surface area contributed by atoms with Crippen molar-refractivity contribution in [2.24, 2.45) is 17.6 Å². The van der Waals surface area contributed by atoms with Gasteiger partial charge in [0.2, 0.25) is 0 Å². The minimum absolute atomic E-state index is 0.257. The van der Waals surface area contributed by atoms with E-state index < -0.39 is 5.97 Å². The average molecular weight is 173 g/mol. The Morgan fingerprint density at radius 1 is 1.50 bits per heavy atom. The molecule has 0 saturated heterocycles. The van der Waals surface area contributed by atoms with Crippen LogP contribution >= 0.6 is 0 Å². The second-order valence-electron chi connectivity index (χ2n) is 3.67. The van der Waals surface area contributed by atoms with Crippen LogP contribution in [0, 0.1) is 11.8 Å². The first-order valence-corrected chi connectivity index (χ1v) is 4.48. The van der Waals surface area contributed by atoms with Crippen LogP contribution in [0.3, 0.4) is 0 Å². The summed E-state index contributed by atoms with van der Waals surface area (Å²) < 4.78 is 0.